The standard InChI is InChI=1S/C24H28N2O5/c1-2-3-15-30-20-11-9-19(10-12-20)24(29)26-14-13-25-23(28)21(26)16-22(27)31-17-18-7-5-4-6-8-18/h4-12,21H,2-3,13-17H2,1H3,(H,25,28)/t21-/m1/s1. The maximum Gasteiger partial charge on any atom is 0.308 e. The van der Waals surface area contributed by atoms with E-state index in [1.54, 1.807) is 24.3 Å². The first-order valence-electron chi connectivity index (χ1n) is 10.6. The Morgan fingerprint density at radius 1 is 1.10 bits per heavy atom. The normalized spacial score (nSPS) is 15.8. The zero-order chi connectivity index (χ0) is 22.1. The van der Waals surface area contributed by atoms with E-state index in [9.17, 15) is 14.4 Å². The Morgan fingerprint density at radius 2 is 1.84 bits per heavy atom. The van der Waals surface area contributed by atoms with Crippen molar-refractivity contribution in [1.82, 2.24) is 10.2 Å². The number of esters is 1. The lowest BCUT2D eigenvalue weighted by molar-refractivity contribution is -0.148. The Labute approximate surface area is 182 Å². The minimum Gasteiger partial charge on any atom is -0.494 e. The molecule has 2 aromatic carbocycles. The van der Waals surface area contributed by atoms with E-state index in [0.717, 1.165) is 18.4 Å². The Morgan fingerprint density at radius 3 is 2.55 bits per heavy atom. The van der Waals surface area contributed by atoms with Crippen molar-refractivity contribution in [2.45, 2.75) is 38.8 Å². The number of amides is 2. The van der Waals surface area contributed by atoms with Crippen molar-refractivity contribution in [2.75, 3.05) is 19.7 Å². The summed E-state index contributed by atoms with van der Waals surface area (Å²) in [6.45, 7) is 3.52. The number of rotatable bonds is 9. The average molecular weight is 424 g/mol. The molecule has 3 rings (SSSR count). The van der Waals surface area contributed by atoms with Gasteiger partial charge in [-0.1, -0.05) is 43.7 Å². The molecule has 31 heavy (non-hydrogen) atoms. The van der Waals surface area contributed by atoms with Crippen molar-refractivity contribution in [1.29, 1.82) is 0 Å². The summed E-state index contributed by atoms with van der Waals surface area (Å²) < 4.78 is 10.9. The molecule has 0 aromatic heterocycles. The van der Waals surface area contributed by atoms with Crippen LogP contribution in [-0.4, -0.2) is 48.4 Å². The summed E-state index contributed by atoms with van der Waals surface area (Å²) in [7, 11) is 0. The van der Waals surface area contributed by atoms with E-state index in [2.05, 4.69) is 12.2 Å². The molecule has 7 heteroatoms. The Kier molecular flexibility index (Phi) is 8.04. The van der Waals surface area contributed by atoms with Crippen LogP contribution in [0.25, 0.3) is 0 Å². The number of nitrogens with one attached hydrogen (secondary N) is 1. The lowest BCUT2D eigenvalue weighted by atomic mass is 10.1. The third kappa shape index (κ3) is 6.31. The van der Waals surface area contributed by atoms with Crippen LogP contribution in [0.1, 0.15) is 42.1 Å². The number of carbonyl (C=O) groups is 3. The first-order chi connectivity index (χ1) is 15.1. The fourth-order valence-corrected chi connectivity index (χ4v) is 3.31. The topological polar surface area (TPSA) is 84.9 Å². The maximum atomic E-state index is 13.0. The van der Waals surface area contributed by atoms with Gasteiger partial charge in [0.1, 0.15) is 18.4 Å². The van der Waals surface area contributed by atoms with E-state index in [1.807, 2.05) is 30.3 Å². The zero-order valence-electron chi connectivity index (χ0n) is 17.7. The van der Waals surface area contributed by atoms with Crippen LogP contribution in [0, 0.1) is 0 Å². The maximum absolute atomic E-state index is 13.0. The third-order valence-electron chi connectivity index (χ3n) is 5.06. The summed E-state index contributed by atoms with van der Waals surface area (Å²) in [4.78, 5) is 39.2. The highest BCUT2D eigenvalue weighted by Gasteiger charge is 2.35. The monoisotopic (exact) mass is 424 g/mol. The number of piperazine rings is 1. The highest BCUT2D eigenvalue weighted by atomic mass is 16.5. The van der Waals surface area contributed by atoms with E-state index in [0.29, 0.717) is 31.0 Å². The highest BCUT2D eigenvalue weighted by Crippen LogP contribution is 2.18. The zero-order valence-corrected chi connectivity index (χ0v) is 17.7. The number of nitrogens with zero attached hydrogens (tertiary/aromatic N) is 1. The van der Waals surface area contributed by atoms with Crippen LogP contribution in [0.2, 0.25) is 0 Å². The molecular weight excluding hydrogens is 396 g/mol. The molecule has 2 amide bonds. The lowest BCUT2D eigenvalue weighted by Crippen LogP contribution is -2.57. The minimum atomic E-state index is -0.898. The number of hydrogen-bond acceptors (Lipinski definition) is 5. The molecule has 2 aromatic rings. The molecule has 1 heterocycles. The van der Waals surface area contributed by atoms with Crippen molar-refractivity contribution >= 4 is 17.8 Å². The van der Waals surface area contributed by atoms with Crippen molar-refractivity contribution < 1.29 is 23.9 Å². The molecule has 0 bridgehead atoms. The number of benzene rings is 2. The van der Waals surface area contributed by atoms with Gasteiger partial charge in [-0.05, 0) is 36.2 Å². The van der Waals surface area contributed by atoms with Gasteiger partial charge >= 0.3 is 5.97 Å². The second-order valence-corrected chi connectivity index (χ2v) is 7.38. The molecule has 7 nitrogen and oxygen atoms in total. The van der Waals surface area contributed by atoms with Crippen molar-refractivity contribution in [2.24, 2.45) is 0 Å². The van der Waals surface area contributed by atoms with Crippen molar-refractivity contribution in [3.63, 3.8) is 0 Å². The van der Waals surface area contributed by atoms with E-state index < -0.39 is 12.0 Å². The third-order valence-corrected chi connectivity index (χ3v) is 5.06. The molecule has 0 unspecified atom stereocenters. The molecular formula is C24H28N2O5. The molecule has 1 aliphatic heterocycles. The van der Waals surface area contributed by atoms with Crippen LogP contribution in [0.5, 0.6) is 5.75 Å². The lowest BCUT2D eigenvalue weighted by Gasteiger charge is -2.34. The first-order valence-corrected chi connectivity index (χ1v) is 10.6. The van der Waals surface area contributed by atoms with Gasteiger partial charge in [-0.2, -0.15) is 0 Å². The quantitative estimate of drug-likeness (QED) is 0.494. The highest BCUT2D eigenvalue weighted by molar-refractivity contribution is 5.99. The number of carbonyl (C=O) groups excluding carboxylic acids is 3. The van der Waals surface area contributed by atoms with Gasteiger partial charge in [-0.15, -0.1) is 0 Å². The summed E-state index contributed by atoms with van der Waals surface area (Å²) in [6, 6.07) is 15.3. The Hall–Kier alpha value is -3.35. The fourth-order valence-electron chi connectivity index (χ4n) is 3.31. The fraction of sp³-hybridized carbons (Fsp3) is 0.375. The molecule has 0 aliphatic carbocycles. The molecule has 1 atom stereocenters. The van der Waals surface area contributed by atoms with E-state index in [1.165, 1.54) is 4.90 Å². The molecule has 1 saturated heterocycles. The number of unbranched alkanes of at least 4 members (excludes halogenated alkanes) is 1. The van der Waals surface area contributed by atoms with Gasteiger partial charge in [-0.3, -0.25) is 14.4 Å². The van der Waals surface area contributed by atoms with Crippen molar-refractivity contribution in [3.8, 4) is 5.75 Å². The first kappa shape index (κ1) is 22.3. The Balaban J connectivity index is 1.62. The average Bonchev–Trinajstić information content (AvgIpc) is 2.80. The minimum absolute atomic E-state index is 0.126. The van der Waals surface area contributed by atoms with Gasteiger partial charge in [0.25, 0.3) is 5.91 Å². The van der Waals surface area contributed by atoms with E-state index in [4.69, 9.17) is 9.47 Å². The molecule has 1 aliphatic rings. The van der Waals surface area contributed by atoms with Crippen LogP contribution in [0.3, 0.4) is 0 Å². The second kappa shape index (κ2) is 11.2. The summed E-state index contributed by atoms with van der Waals surface area (Å²) in [5.74, 6) is -0.475. The summed E-state index contributed by atoms with van der Waals surface area (Å²) in [5.41, 5.74) is 1.30. The van der Waals surface area contributed by atoms with Gasteiger partial charge in [0.05, 0.1) is 13.0 Å². The van der Waals surface area contributed by atoms with Crippen LogP contribution in [0.4, 0.5) is 0 Å². The number of ether oxygens (including phenoxy) is 2. The smallest absolute Gasteiger partial charge is 0.308 e. The van der Waals surface area contributed by atoms with E-state index >= 15 is 0 Å². The van der Waals surface area contributed by atoms with Gasteiger partial charge in [-0.25, -0.2) is 0 Å². The molecule has 0 spiro atoms. The predicted molar refractivity (Wildman–Crippen MR) is 116 cm³/mol. The molecule has 1 N–H and O–H groups in total. The van der Waals surface area contributed by atoms with Gasteiger partial charge in [0.2, 0.25) is 5.91 Å². The molecule has 0 saturated carbocycles. The van der Waals surface area contributed by atoms with Crippen molar-refractivity contribution in [3.05, 3.63) is 65.7 Å². The predicted octanol–water partition coefficient (Wildman–Crippen LogP) is 2.94. The van der Waals surface area contributed by atoms with Gasteiger partial charge in [0.15, 0.2) is 0 Å². The second-order valence-electron chi connectivity index (χ2n) is 7.38. The molecule has 1 fully saturated rings. The summed E-state index contributed by atoms with van der Waals surface area (Å²) in [6.07, 6.45) is 1.82. The molecule has 0 radical (unpaired) electrons. The SMILES string of the molecule is CCCCOc1ccc(C(=O)N2CCNC(=O)[C@H]2CC(=O)OCc2ccccc2)cc1. The van der Waals surface area contributed by atoms with Crippen LogP contribution < -0.4 is 10.1 Å². The van der Waals surface area contributed by atoms with Crippen LogP contribution >= 0.6 is 0 Å². The molecule has 164 valence electrons. The van der Waals surface area contributed by atoms with E-state index in [-0.39, 0.29) is 24.8 Å². The Bertz CT molecular complexity index is 883. The summed E-state index contributed by atoms with van der Waals surface area (Å²) in [5, 5.41) is 2.72. The van der Waals surface area contributed by atoms with Gasteiger partial charge < -0.3 is 19.7 Å². The van der Waals surface area contributed by atoms with Crippen LogP contribution in [0.15, 0.2) is 54.6 Å². The van der Waals surface area contributed by atoms with Crippen LogP contribution in [-0.2, 0) is 20.9 Å². The number of hydrogen-bond donors (Lipinski definition) is 1. The van der Waals surface area contributed by atoms with Gasteiger partial charge in [0, 0.05) is 18.7 Å². The summed E-state index contributed by atoms with van der Waals surface area (Å²) >= 11 is 0. The largest absolute Gasteiger partial charge is 0.494 e.